The van der Waals surface area contributed by atoms with Gasteiger partial charge in [0.2, 0.25) is 0 Å². The Labute approximate surface area is 118 Å². The summed E-state index contributed by atoms with van der Waals surface area (Å²) in [4.78, 5) is 6.57. The van der Waals surface area contributed by atoms with Gasteiger partial charge in [0.25, 0.3) is 0 Å². The fourth-order valence-electron chi connectivity index (χ4n) is 1.99. The predicted molar refractivity (Wildman–Crippen MR) is 81.4 cm³/mol. The van der Waals surface area contributed by atoms with Crippen LogP contribution in [0.2, 0.25) is 0 Å². The number of aryl methyl sites for hydroxylation is 1. The van der Waals surface area contributed by atoms with Crippen molar-refractivity contribution >= 4 is 17.0 Å². The third kappa shape index (κ3) is 3.53. The zero-order valence-corrected chi connectivity index (χ0v) is 12.4. The van der Waals surface area contributed by atoms with Crippen LogP contribution in [0.4, 0.5) is 5.69 Å². The highest BCUT2D eigenvalue weighted by Gasteiger charge is 2.12. The summed E-state index contributed by atoms with van der Waals surface area (Å²) in [5, 5.41) is 3.18. The normalized spacial score (nSPS) is 12.4. The average molecular weight is 276 g/mol. The maximum absolute atomic E-state index is 5.67. The van der Waals surface area contributed by atoms with Gasteiger partial charge >= 0.3 is 0 Å². The fraction of sp³-hybridized carbons (Fsp3) is 0.357. The highest BCUT2D eigenvalue weighted by atomic mass is 32.1. The molecule has 0 radical (unpaired) electrons. The summed E-state index contributed by atoms with van der Waals surface area (Å²) < 4.78 is 0. The topological polar surface area (TPSA) is 54.2 Å². The molecule has 5 heteroatoms. The third-order valence-electron chi connectivity index (χ3n) is 3.09. The molecule has 2 aromatic rings. The van der Waals surface area contributed by atoms with E-state index in [2.05, 4.69) is 45.0 Å². The molecule has 0 saturated heterocycles. The summed E-state index contributed by atoms with van der Waals surface area (Å²) in [5.41, 5.74) is 6.32. The van der Waals surface area contributed by atoms with Gasteiger partial charge in [-0.25, -0.2) is 4.98 Å². The monoisotopic (exact) mass is 276 g/mol. The lowest BCUT2D eigenvalue weighted by molar-refractivity contribution is 0.547. The van der Waals surface area contributed by atoms with Gasteiger partial charge in [0.1, 0.15) is 0 Å². The molecule has 4 nitrogen and oxygen atoms in total. The smallest absolute Gasteiger partial charge is 0.0897 e. The van der Waals surface area contributed by atoms with Gasteiger partial charge in [-0.3, -0.25) is 11.3 Å². The van der Waals surface area contributed by atoms with Gasteiger partial charge in [0.05, 0.1) is 16.7 Å². The summed E-state index contributed by atoms with van der Waals surface area (Å²) in [6, 6.07) is 8.52. The Balaban J connectivity index is 2.12. The zero-order chi connectivity index (χ0) is 13.8. The number of hydrazine groups is 1. The summed E-state index contributed by atoms with van der Waals surface area (Å²) in [6.07, 6.45) is 0.808. The second-order valence-electron chi connectivity index (χ2n) is 4.77. The van der Waals surface area contributed by atoms with E-state index in [1.807, 2.05) is 21.0 Å². The first-order chi connectivity index (χ1) is 9.10. The van der Waals surface area contributed by atoms with E-state index in [0.717, 1.165) is 17.1 Å². The number of thiazole rings is 1. The van der Waals surface area contributed by atoms with E-state index in [0.29, 0.717) is 0 Å². The Morgan fingerprint density at radius 3 is 2.47 bits per heavy atom. The number of hydrogen-bond acceptors (Lipinski definition) is 5. The molecule has 0 fully saturated rings. The van der Waals surface area contributed by atoms with Crippen molar-refractivity contribution < 1.29 is 0 Å². The highest BCUT2D eigenvalue weighted by Crippen LogP contribution is 2.21. The van der Waals surface area contributed by atoms with Crippen LogP contribution < -0.4 is 16.2 Å². The molecule has 2 rings (SSSR count). The number of nitrogens with zero attached hydrogens (tertiary/aromatic N) is 2. The van der Waals surface area contributed by atoms with Gasteiger partial charge in [-0.2, -0.15) is 0 Å². The predicted octanol–water partition coefficient (Wildman–Crippen LogP) is 2.26. The second-order valence-corrected chi connectivity index (χ2v) is 5.83. The Morgan fingerprint density at radius 1 is 1.32 bits per heavy atom. The lowest BCUT2D eigenvalue weighted by Crippen LogP contribution is -2.29. The van der Waals surface area contributed by atoms with Crippen LogP contribution in [-0.4, -0.2) is 19.1 Å². The standard InChI is InChI=1S/C14H20N4S/c1-10-16-12(9-19-10)8-14(17-15)11-4-6-13(7-5-11)18(2)3/h4-7,9,14,17H,8,15H2,1-3H3. The minimum Gasteiger partial charge on any atom is -0.378 e. The van der Waals surface area contributed by atoms with Crippen LogP contribution in [0.1, 0.15) is 22.3 Å². The van der Waals surface area contributed by atoms with Crippen molar-refractivity contribution in [3.63, 3.8) is 0 Å². The second kappa shape index (κ2) is 6.14. The van der Waals surface area contributed by atoms with Crippen molar-refractivity contribution in [2.75, 3.05) is 19.0 Å². The van der Waals surface area contributed by atoms with Gasteiger partial charge in [-0.1, -0.05) is 12.1 Å². The SMILES string of the molecule is Cc1nc(CC(NN)c2ccc(N(C)C)cc2)cs1. The molecular formula is C14H20N4S. The van der Waals surface area contributed by atoms with Crippen LogP contribution >= 0.6 is 11.3 Å². The Kier molecular flexibility index (Phi) is 4.52. The molecule has 1 aromatic carbocycles. The maximum Gasteiger partial charge on any atom is 0.0897 e. The molecule has 0 bridgehead atoms. The van der Waals surface area contributed by atoms with E-state index in [1.165, 1.54) is 11.3 Å². The van der Waals surface area contributed by atoms with Crippen molar-refractivity contribution in [2.24, 2.45) is 5.84 Å². The van der Waals surface area contributed by atoms with Gasteiger partial charge in [0.15, 0.2) is 0 Å². The van der Waals surface area contributed by atoms with Crippen LogP contribution in [0.5, 0.6) is 0 Å². The van der Waals surface area contributed by atoms with E-state index < -0.39 is 0 Å². The van der Waals surface area contributed by atoms with E-state index in [-0.39, 0.29) is 6.04 Å². The van der Waals surface area contributed by atoms with E-state index in [1.54, 1.807) is 11.3 Å². The number of nitrogens with two attached hydrogens (primary N) is 1. The van der Waals surface area contributed by atoms with Crippen LogP contribution in [-0.2, 0) is 6.42 Å². The average Bonchev–Trinajstić information content (AvgIpc) is 2.81. The summed E-state index contributed by atoms with van der Waals surface area (Å²) >= 11 is 1.67. The van der Waals surface area contributed by atoms with Crippen LogP contribution in [0.25, 0.3) is 0 Å². The van der Waals surface area contributed by atoms with Gasteiger partial charge < -0.3 is 4.90 Å². The Hall–Kier alpha value is -1.43. The van der Waals surface area contributed by atoms with Crippen molar-refractivity contribution in [1.82, 2.24) is 10.4 Å². The lowest BCUT2D eigenvalue weighted by Gasteiger charge is -2.17. The Morgan fingerprint density at radius 2 is 2.00 bits per heavy atom. The molecule has 1 atom stereocenters. The molecule has 0 spiro atoms. The highest BCUT2D eigenvalue weighted by molar-refractivity contribution is 7.09. The van der Waals surface area contributed by atoms with Crippen LogP contribution in [0, 0.1) is 6.92 Å². The molecule has 1 aromatic heterocycles. The van der Waals surface area contributed by atoms with Gasteiger partial charge in [-0.15, -0.1) is 11.3 Å². The minimum atomic E-state index is 0.0951. The number of rotatable bonds is 5. The number of anilines is 1. The lowest BCUT2D eigenvalue weighted by atomic mass is 10.0. The molecule has 3 N–H and O–H groups in total. The number of nitrogens with one attached hydrogen (secondary N) is 1. The molecule has 1 heterocycles. The van der Waals surface area contributed by atoms with Crippen LogP contribution in [0.3, 0.4) is 0 Å². The largest absolute Gasteiger partial charge is 0.378 e. The summed E-state index contributed by atoms with van der Waals surface area (Å²) in [7, 11) is 4.07. The molecular weight excluding hydrogens is 256 g/mol. The van der Waals surface area contributed by atoms with Crippen molar-refractivity contribution in [3.8, 4) is 0 Å². The fourth-order valence-corrected chi connectivity index (χ4v) is 2.61. The first-order valence-corrected chi connectivity index (χ1v) is 7.12. The first kappa shape index (κ1) is 14.0. The molecule has 1 unspecified atom stereocenters. The van der Waals surface area contributed by atoms with Crippen molar-refractivity contribution in [2.45, 2.75) is 19.4 Å². The van der Waals surface area contributed by atoms with Gasteiger partial charge in [-0.05, 0) is 24.6 Å². The first-order valence-electron chi connectivity index (χ1n) is 6.24. The molecule has 0 aliphatic rings. The molecule has 0 aliphatic heterocycles. The third-order valence-corrected chi connectivity index (χ3v) is 3.92. The maximum atomic E-state index is 5.67. The van der Waals surface area contributed by atoms with E-state index in [4.69, 9.17) is 5.84 Å². The zero-order valence-electron chi connectivity index (χ0n) is 11.6. The molecule has 19 heavy (non-hydrogen) atoms. The summed E-state index contributed by atoms with van der Waals surface area (Å²) in [6.45, 7) is 2.02. The number of benzene rings is 1. The van der Waals surface area contributed by atoms with Crippen LogP contribution in [0.15, 0.2) is 29.6 Å². The molecule has 0 amide bonds. The molecule has 0 saturated carbocycles. The van der Waals surface area contributed by atoms with E-state index >= 15 is 0 Å². The van der Waals surface area contributed by atoms with Crippen molar-refractivity contribution in [1.29, 1.82) is 0 Å². The summed E-state index contributed by atoms with van der Waals surface area (Å²) in [5.74, 6) is 5.67. The molecule has 102 valence electrons. The van der Waals surface area contributed by atoms with Gasteiger partial charge in [0, 0.05) is 31.6 Å². The number of aromatic nitrogens is 1. The quantitative estimate of drug-likeness (QED) is 0.650. The minimum absolute atomic E-state index is 0.0951. The van der Waals surface area contributed by atoms with Crippen molar-refractivity contribution in [3.05, 3.63) is 45.9 Å². The Bertz CT molecular complexity index is 518. The number of hydrogen-bond donors (Lipinski definition) is 2. The molecule has 0 aliphatic carbocycles. The van der Waals surface area contributed by atoms with E-state index in [9.17, 15) is 0 Å².